The molecule has 5 N–H and O–H groups in total. The Hall–Kier alpha value is -1.98. The van der Waals surface area contributed by atoms with Crippen molar-refractivity contribution in [3.8, 4) is 0 Å². The third-order valence-electron chi connectivity index (χ3n) is 2.53. The largest absolute Gasteiger partial charge is 0.383 e. The van der Waals surface area contributed by atoms with E-state index in [0.717, 1.165) is 5.56 Å². The fourth-order valence-corrected chi connectivity index (χ4v) is 1.73. The zero-order chi connectivity index (χ0) is 12.3. The number of hydrogen-bond acceptors (Lipinski definition) is 4. The summed E-state index contributed by atoms with van der Waals surface area (Å²) in [6.45, 7) is 0. The molecule has 0 aliphatic carbocycles. The van der Waals surface area contributed by atoms with E-state index in [0.29, 0.717) is 11.4 Å². The second-order valence-corrected chi connectivity index (χ2v) is 3.63. The van der Waals surface area contributed by atoms with Gasteiger partial charge in [0.2, 0.25) is 0 Å². The van der Waals surface area contributed by atoms with Crippen LogP contribution in [0.15, 0.2) is 42.6 Å². The number of benzene rings is 1. The summed E-state index contributed by atoms with van der Waals surface area (Å²) in [5.41, 5.74) is 9.81. The van der Waals surface area contributed by atoms with E-state index in [4.69, 9.17) is 11.6 Å². The van der Waals surface area contributed by atoms with E-state index in [1.54, 1.807) is 30.5 Å². The lowest BCUT2D eigenvalue weighted by atomic mass is 10.00. The Balaban J connectivity index is 2.44. The maximum absolute atomic E-state index is 13.2. The molecule has 88 valence electrons. The summed E-state index contributed by atoms with van der Waals surface area (Å²) in [6.07, 6.45) is 1.60. The molecule has 0 saturated carbocycles. The third-order valence-corrected chi connectivity index (χ3v) is 2.53. The molecule has 2 aromatic rings. The van der Waals surface area contributed by atoms with Crippen molar-refractivity contribution in [1.82, 2.24) is 10.4 Å². The van der Waals surface area contributed by atoms with Gasteiger partial charge in [-0.25, -0.2) is 14.8 Å². The van der Waals surface area contributed by atoms with Gasteiger partial charge in [0, 0.05) is 11.8 Å². The number of nitrogen functional groups attached to an aromatic ring is 1. The van der Waals surface area contributed by atoms with Crippen molar-refractivity contribution in [2.24, 2.45) is 5.84 Å². The van der Waals surface area contributed by atoms with E-state index in [-0.39, 0.29) is 11.9 Å². The molecule has 1 aromatic heterocycles. The van der Waals surface area contributed by atoms with Crippen LogP contribution in [-0.4, -0.2) is 4.98 Å². The molecule has 0 aliphatic heterocycles. The molecule has 0 amide bonds. The topological polar surface area (TPSA) is 77.0 Å². The molecule has 1 atom stereocenters. The Bertz CT molecular complexity index is 515. The molecule has 1 unspecified atom stereocenters. The molecule has 5 heteroatoms. The van der Waals surface area contributed by atoms with Crippen LogP contribution in [0.25, 0.3) is 0 Å². The van der Waals surface area contributed by atoms with Crippen molar-refractivity contribution in [3.63, 3.8) is 0 Å². The fourth-order valence-electron chi connectivity index (χ4n) is 1.73. The number of aromatic nitrogens is 1. The van der Waals surface area contributed by atoms with Gasteiger partial charge in [0.05, 0.1) is 6.04 Å². The molecule has 2 rings (SSSR count). The van der Waals surface area contributed by atoms with Gasteiger partial charge < -0.3 is 5.73 Å². The maximum atomic E-state index is 13.2. The minimum Gasteiger partial charge on any atom is -0.383 e. The standard InChI is InChI=1S/C12H13FN4/c13-9-4-1-3-8(7-9)11(17-15)10-5-2-6-16-12(10)14/h1-7,11,17H,15H2,(H2,14,16). The molecule has 0 fully saturated rings. The quantitative estimate of drug-likeness (QED) is 0.551. The highest BCUT2D eigenvalue weighted by atomic mass is 19.1. The number of nitrogens with one attached hydrogen (secondary N) is 1. The Kier molecular flexibility index (Phi) is 3.32. The summed E-state index contributed by atoms with van der Waals surface area (Å²) in [7, 11) is 0. The number of anilines is 1. The smallest absolute Gasteiger partial charge is 0.128 e. The minimum absolute atomic E-state index is 0.315. The molecule has 17 heavy (non-hydrogen) atoms. The summed E-state index contributed by atoms with van der Waals surface area (Å²) in [5.74, 6) is 5.56. The third kappa shape index (κ3) is 2.41. The van der Waals surface area contributed by atoms with Gasteiger partial charge in [-0.2, -0.15) is 0 Å². The SMILES string of the molecule is NNC(c1cccc(F)c1)c1cccnc1N. The van der Waals surface area contributed by atoms with Crippen LogP contribution in [0.3, 0.4) is 0 Å². The number of pyridine rings is 1. The molecule has 0 radical (unpaired) electrons. The molecule has 0 spiro atoms. The molecular formula is C12H13FN4. The fraction of sp³-hybridized carbons (Fsp3) is 0.0833. The summed E-state index contributed by atoms with van der Waals surface area (Å²) >= 11 is 0. The maximum Gasteiger partial charge on any atom is 0.128 e. The van der Waals surface area contributed by atoms with Crippen molar-refractivity contribution in [2.45, 2.75) is 6.04 Å². The van der Waals surface area contributed by atoms with Gasteiger partial charge in [-0.15, -0.1) is 0 Å². The molecule has 0 saturated heterocycles. The number of hydrazine groups is 1. The first kappa shape index (κ1) is 11.5. The van der Waals surface area contributed by atoms with Crippen molar-refractivity contribution >= 4 is 5.82 Å². The highest BCUT2D eigenvalue weighted by Gasteiger charge is 2.15. The van der Waals surface area contributed by atoms with Crippen LogP contribution in [0.2, 0.25) is 0 Å². The summed E-state index contributed by atoms with van der Waals surface area (Å²) in [6, 6.07) is 9.38. The highest BCUT2D eigenvalue weighted by Crippen LogP contribution is 2.24. The first-order chi connectivity index (χ1) is 8.22. The van der Waals surface area contributed by atoms with Gasteiger partial charge in [-0.3, -0.25) is 5.84 Å². The van der Waals surface area contributed by atoms with Gasteiger partial charge in [-0.1, -0.05) is 18.2 Å². The monoisotopic (exact) mass is 232 g/mol. The molecule has 0 bridgehead atoms. The van der Waals surface area contributed by atoms with Crippen LogP contribution in [0.4, 0.5) is 10.2 Å². The van der Waals surface area contributed by atoms with Crippen molar-refractivity contribution in [2.75, 3.05) is 5.73 Å². The first-order valence-corrected chi connectivity index (χ1v) is 5.14. The molecule has 1 aromatic carbocycles. The zero-order valence-corrected chi connectivity index (χ0v) is 9.10. The van der Waals surface area contributed by atoms with E-state index in [9.17, 15) is 4.39 Å². The van der Waals surface area contributed by atoms with Crippen LogP contribution in [0.5, 0.6) is 0 Å². The van der Waals surface area contributed by atoms with Crippen LogP contribution in [-0.2, 0) is 0 Å². The van der Waals surface area contributed by atoms with Gasteiger partial charge >= 0.3 is 0 Å². The lowest BCUT2D eigenvalue weighted by Crippen LogP contribution is -2.29. The second kappa shape index (κ2) is 4.90. The van der Waals surface area contributed by atoms with Crippen molar-refractivity contribution < 1.29 is 4.39 Å². The van der Waals surface area contributed by atoms with Crippen LogP contribution >= 0.6 is 0 Å². The van der Waals surface area contributed by atoms with Gasteiger partial charge in [-0.05, 0) is 23.8 Å². The van der Waals surface area contributed by atoms with E-state index >= 15 is 0 Å². The predicted octanol–water partition coefficient (Wildman–Crippen LogP) is 1.36. The number of hydrogen-bond donors (Lipinski definition) is 3. The predicted molar refractivity (Wildman–Crippen MR) is 64.2 cm³/mol. The number of nitrogens with zero attached hydrogens (tertiary/aromatic N) is 1. The molecular weight excluding hydrogens is 219 g/mol. The van der Waals surface area contributed by atoms with E-state index in [1.807, 2.05) is 0 Å². The lowest BCUT2D eigenvalue weighted by molar-refractivity contribution is 0.605. The summed E-state index contributed by atoms with van der Waals surface area (Å²) in [4.78, 5) is 3.98. The molecule has 4 nitrogen and oxygen atoms in total. The molecule has 1 heterocycles. The van der Waals surface area contributed by atoms with Crippen LogP contribution in [0.1, 0.15) is 17.2 Å². The number of nitrogens with two attached hydrogens (primary N) is 2. The van der Waals surface area contributed by atoms with Gasteiger partial charge in [0.25, 0.3) is 0 Å². The highest BCUT2D eigenvalue weighted by molar-refractivity contribution is 5.45. The van der Waals surface area contributed by atoms with Crippen LogP contribution < -0.4 is 17.0 Å². The summed E-state index contributed by atoms with van der Waals surface area (Å²) < 4.78 is 13.2. The summed E-state index contributed by atoms with van der Waals surface area (Å²) in [5, 5.41) is 0. The van der Waals surface area contributed by atoms with Gasteiger partial charge in [0.1, 0.15) is 11.6 Å². The normalized spacial score (nSPS) is 12.4. The van der Waals surface area contributed by atoms with Gasteiger partial charge in [0.15, 0.2) is 0 Å². The van der Waals surface area contributed by atoms with E-state index in [2.05, 4.69) is 10.4 Å². The Morgan fingerprint density at radius 1 is 1.24 bits per heavy atom. The van der Waals surface area contributed by atoms with Crippen LogP contribution in [0, 0.1) is 5.82 Å². The lowest BCUT2D eigenvalue weighted by Gasteiger charge is -2.17. The van der Waals surface area contributed by atoms with E-state index < -0.39 is 0 Å². The number of rotatable bonds is 3. The molecule has 0 aliphatic rings. The second-order valence-electron chi connectivity index (χ2n) is 3.63. The zero-order valence-electron chi connectivity index (χ0n) is 9.10. The van der Waals surface area contributed by atoms with E-state index in [1.165, 1.54) is 12.1 Å². The number of halogens is 1. The first-order valence-electron chi connectivity index (χ1n) is 5.14. The Labute approximate surface area is 98.4 Å². The Morgan fingerprint density at radius 2 is 2.06 bits per heavy atom. The minimum atomic E-state index is -0.376. The van der Waals surface area contributed by atoms with Crippen molar-refractivity contribution in [1.29, 1.82) is 0 Å². The Morgan fingerprint density at radius 3 is 2.71 bits per heavy atom. The average Bonchev–Trinajstić information content (AvgIpc) is 2.33. The average molecular weight is 232 g/mol. The van der Waals surface area contributed by atoms with Crippen molar-refractivity contribution in [3.05, 3.63) is 59.5 Å².